The number of halogens is 3. The van der Waals surface area contributed by atoms with E-state index in [9.17, 15) is 0 Å². The van der Waals surface area contributed by atoms with Crippen molar-refractivity contribution in [2.75, 3.05) is 11.9 Å². The van der Waals surface area contributed by atoms with Crippen molar-refractivity contribution in [3.63, 3.8) is 0 Å². The first kappa shape index (κ1) is 15.4. The minimum absolute atomic E-state index is 0.411. The first-order valence-electron chi connectivity index (χ1n) is 5.91. The smallest absolute Gasteiger partial charge is 0.224 e. The maximum atomic E-state index is 6.12. The van der Waals surface area contributed by atoms with Gasteiger partial charge in [0, 0.05) is 23.2 Å². The first-order valence-corrected chi connectivity index (χ1v) is 7.46. The second-order valence-corrected chi connectivity index (χ2v) is 5.64. The summed E-state index contributed by atoms with van der Waals surface area (Å²) in [5.41, 5.74) is 0. The molecule has 0 atom stereocenters. The third kappa shape index (κ3) is 3.75. The number of rotatable bonds is 4. The summed E-state index contributed by atoms with van der Waals surface area (Å²) in [6, 6.07) is 5.03. The molecule has 0 amide bonds. The first-order chi connectivity index (χ1) is 9.49. The van der Waals surface area contributed by atoms with E-state index >= 15 is 0 Å². The van der Waals surface area contributed by atoms with Crippen LogP contribution < -0.4 is 10.1 Å². The Morgan fingerprint density at radius 3 is 2.65 bits per heavy atom. The molecule has 1 aromatic carbocycles. The van der Waals surface area contributed by atoms with Gasteiger partial charge in [-0.3, -0.25) is 0 Å². The molecule has 1 heterocycles. The van der Waals surface area contributed by atoms with Crippen molar-refractivity contribution < 1.29 is 4.74 Å². The van der Waals surface area contributed by atoms with Crippen LogP contribution in [0, 0.1) is 6.92 Å². The van der Waals surface area contributed by atoms with Crippen molar-refractivity contribution in [2.24, 2.45) is 0 Å². The van der Waals surface area contributed by atoms with Crippen molar-refractivity contribution >= 4 is 44.9 Å². The Morgan fingerprint density at radius 1 is 1.20 bits per heavy atom. The van der Waals surface area contributed by atoms with Gasteiger partial charge in [0.15, 0.2) is 0 Å². The molecule has 106 valence electrons. The van der Waals surface area contributed by atoms with E-state index in [-0.39, 0.29) is 0 Å². The lowest BCUT2D eigenvalue weighted by Crippen LogP contribution is -2.02. The Kier molecular flexibility index (Phi) is 5.07. The van der Waals surface area contributed by atoms with Crippen LogP contribution in [-0.4, -0.2) is 16.5 Å². The number of nitrogens with one attached hydrogen (secondary N) is 1. The quantitative estimate of drug-likeness (QED) is 0.756. The zero-order chi connectivity index (χ0) is 14.7. The molecule has 0 fully saturated rings. The maximum Gasteiger partial charge on any atom is 0.224 e. The van der Waals surface area contributed by atoms with E-state index in [0.29, 0.717) is 37.8 Å². The van der Waals surface area contributed by atoms with E-state index in [1.807, 2.05) is 6.92 Å². The Balaban J connectivity index is 2.32. The summed E-state index contributed by atoms with van der Waals surface area (Å²) in [7, 11) is 0. The Labute approximate surface area is 135 Å². The fourth-order valence-electron chi connectivity index (χ4n) is 1.56. The SMILES string of the molecule is CCNc1cc(Oc2cc(Cl)c(Br)cc2Cl)nc(C)n1. The minimum atomic E-state index is 0.411. The van der Waals surface area contributed by atoms with Crippen LogP contribution in [0.1, 0.15) is 12.7 Å². The third-order valence-electron chi connectivity index (χ3n) is 2.36. The monoisotopic (exact) mass is 375 g/mol. The number of nitrogens with zero attached hydrogens (tertiary/aromatic N) is 2. The van der Waals surface area contributed by atoms with E-state index < -0.39 is 0 Å². The highest BCUT2D eigenvalue weighted by atomic mass is 79.9. The number of ether oxygens (including phenoxy) is 1. The van der Waals surface area contributed by atoms with Crippen LogP contribution in [0.15, 0.2) is 22.7 Å². The lowest BCUT2D eigenvalue weighted by atomic mass is 10.3. The molecule has 1 aromatic heterocycles. The maximum absolute atomic E-state index is 6.12. The van der Waals surface area contributed by atoms with Crippen LogP contribution in [-0.2, 0) is 0 Å². The van der Waals surface area contributed by atoms with Crippen LogP contribution in [0.5, 0.6) is 11.6 Å². The molecule has 0 aliphatic heterocycles. The summed E-state index contributed by atoms with van der Waals surface area (Å²) in [6.45, 7) is 4.55. The van der Waals surface area contributed by atoms with Gasteiger partial charge in [0.05, 0.1) is 10.0 Å². The van der Waals surface area contributed by atoms with Crippen LogP contribution in [0.2, 0.25) is 10.0 Å². The molecule has 0 saturated carbocycles. The van der Waals surface area contributed by atoms with Gasteiger partial charge in [0.1, 0.15) is 17.4 Å². The number of aromatic nitrogens is 2. The summed E-state index contributed by atoms with van der Waals surface area (Å²) in [6.07, 6.45) is 0. The fraction of sp³-hybridized carbons (Fsp3) is 0.231. The second kappa shape index (κ2) is 6.61. The number of anilines is 1. The van der Waals surface area contributed by atoms with Crippen LogP contribution in [0.25, 0.3) is 0 Å². The van der Waals surface area contributed by atoms with Gasteiger partial charge in [-0.05, 0) is 35.8 Å². The van der Waals surface area contributed by atoms with Crippen molar-refractivity contribution in [2.45, 2.75) is 13.8 Å². The van der Waals surface area contributed by atoms with Crippen molar-refractivity contribution in [3.8, 4) is 11.6 Å². The van der Waals surface area contributed by atoms with Crippen LogP contribution in [0.3, 0.4) is 0 Å². The molecule has 1 N–H and O–H groups in total. The Bertz CT molecular complexity index is 637. The summed E-state index contributed by atoms with van der Waals surface area (Å²) < 4.78 is 6.40. The van der Waals surface area contributed by atoms with Gasteiger partial charge < -0.3 is 10.1 Å². The van der Waals surface area contributed by atoms with E-state index in [1.165, 1.54) is 0 Å². The van der Waals surface area contributed by atoms with E-state index in [2.05, 4.69) is 31.2 Å². The highest BCUT2D eigenvalue weighted by Crippen LogP contribution is 2.36. The van der Waals surface area contributed by atoms with Crippen molar-refractivity contribution in [3.05, 3.63) is 38.5 Å². The summed E-state index contributed by atoms with van der Waals surface area (Å²) in [4.78, 5) is 8.47. The van der Waals surface area contributed by atoms with E-state index in [4.69, 9.17) is 27.9 Å². The van der Waals surface area contributed by atoms with Crippen molar-refractivity contribution in [1.82, 2.24) is 9.97 Å². The highest BCUT2D eigenvalue weighted by Gasteiger charge is 2.10. The van der Waals surface area contributed by atoms with Gasteiger partial charge in [-0.25, -0.2) is 4.98 Å². The van der Waals surface area contributed by atoms with Gasteiger partial charge in [0.2, 0.25) is 5.88 Å². The zero-order valence-corrected chi connectivity index (χ0v) is 14.0. The number of aryl methyl sites for hydroxylation is 1. The minimum Gasteiger partial charge on any atom is -0.437 e. The standard InChI is InChI=1S/C13H12BrCl2N3O/c1-3-17-12-6-13(19-7(2)18-12)20-11-5-9(15)8(14)4-10(11)16/h4-6H,3H2,1-2H3,(H,17,18,19). The van der Waals surface area contributed by atoms with E-state index in [1.54, 1.807) is 25.1 Å². The Hall–Kier alpha value is -1.04. The van der Waals surface area contributed by atoms with Crippen LogP contribution in [0.4, 0.5) is 5.82 Å². The predicted molar refractivity (Wildman–Crippen MR) is 85.2 cm³/mol. The molecule has 20 heavy (non-hydrogen) atoms. The van der Waals surface area contributed by atoms with Gasteiger partial charge in [-0.2, -0.15) is 4.98 Å². The summed E-state index contributed by atoms with van der Waals surface area (Å²) >= 11 is 15.5. The average molecular weight is 377 g/mol. The molecule has 0 spiro atoms. The molecule has 2 aromatic rings. The van der Waals surface area contributed by atoms with Gasteiger partial charge in [-0.15, -0.1) is 0 Å². The highest BCUT2D eigenvalue weighted by molar-refractivity contribution is 9.10. The topological polar surface area (TPSA) is 47.0 Å². The normalized spacial score (nSPS) is 10.4. The molecule has 0 radical (unpaired) electrons. The van der Waals surface area contributed by atoms with Crippen LogP contribution >= 0.6 is 39.1 Å². The number of hydrogen-bond acceptors (Lipinski definition) is 4. The summed E-state index contributed by atoms with van der Waals surface area (Å²) in [5.74, 6) is 2.17. The molecular weight excluding hydrogens is 365 g/mol. The summed E-state index contributed by atoms with van der Waals surface area (Å²) in [5, 5.41) is 4.07. The third-order valence-corrected chi connectivity index (χ3v) is 3.85. The number of hydrogen-bond donors (Lipinski definition) is 1. The zero-order valence-electron chi connectivity index (χ0n) is 10.9. The van der Waals surface area contributed by atoms with Crippen molar-refractivity contribution in [1.29, 1.82) is 0 Å². The molecule has 0 unspecified atom stereocenters. The molecule has 0 bridgehead atoms. The number of benzene rings is 1. The Morgan fingerprint density at radius 2 is 1.95 bits per heavy atom. The van der Waals surface area contributed by atoms with Gasteiger partial charge >= 0.3 is 0 Å². The molecule has 7 heteroatoms. The van der Waals surface area contributed by atoms with Gasteiger partial charge in [0.25, 0.3) is 0 Å². The average Bonchev–Trinajstić information content (AvgIpc) is 2.35. The molecule has 0 saturated heterocycles. The fourth-order valence-corrected chi connectivity index (χ4v) is 2.39. The lowest BCUT2D eigenvalue weighted by Gasteiger charge is -2.10. The second-order valence-electron chi connectivity index (χ2n) is 3.97. The molecular formula is C13H12BrCl2N3O. The lowest BCUT2D eigenvalue weighted by molar-refractivity contribution is 0.460. The van der Waals surface area contributed by atoms with Gasteiger partial charge in [-0.1, -0.05) is 23.2 Å². The molecule has 4 nitrogen and oxygen atoms in total. The molecule has 0 aliphatic carbocycles. The van der Waals surface area contributed by atoms with E-state index in [0.717, 1.165) is 6.54 Å². The predicted octanol–water partition coefficient (Wildman–Crippen LogP) is 5.08. The molecule has 0 aliphatic rings. The molecule has 2 rings (SSSR count). The largest absolute Gasteiger partial charge is 0.437 e.